The Kier molecular flexibility index (Phi) is 3.31. The molecule has 2 N–H and O–H groups in total. The number of aromatic nitrogens is 1. The number of nitro groups is 1. The number of piperidine rings is 1. The van der Waals surface area contributed by atoms with Crippen LogP contribution in [0.25, 0.3) is 0 Å². The molecule has 1 saturated heterocycles. The largest absolute Gasteiger partial charge is 0.379 e. The van der Waals surface area contributed by atoms with Crippen molar-refractivity contribution in [3.8, 4) is 0 Å². The highest BCUT2D eigenvalue weighted by Crippen LogP contribution is 2.15. The summed E-state index contributed by atoms with van der Waals surface area (Å²) in [7, 11) is 0. The van der Waals surface area contributed by atoms with E-state index in [1.165, 1.54) is 12.3 Å². The van der Waals surface area contributed by atoms with Crippen LogP contribution < -0.4 is 10.6 Å². The summed E-state index contributed by atoms with van der Waals surface area (Å²) in [4.78, 5) is 13.7. The minimum absolute atomic E-state index is 0.115. The maximum Gasteiger partial charge on any atom is 0.363 e. The molecule has 0 unspecified atom stereocenters. The van der Waals surface area contributed by atoms with E-state index in [2.05, 4.69) is 15.6 Å². The average molecular weight is 222 g/mol. The Morgan fingerprint density at radius 1 is 1.44 bits per heavy atom. The van der Waals surface area contributed by atoms with Gasteiger partial charge < -0.3 is 20.7 Å². The van der Waals surface area contributed by atoms with Gasteiger partial charge >= 0.3 is 5.82 Å². The minimum atomic E-state index is -0.492. The lowest BCUT2D eigenvalue weighted by Gasteiger charge is -2.23. The summed E-state index contributed by atoms with van der Waals surface area (Å²) in [6.45, 7) is 2.02. The van der Waals surface area contributed by atoms with E-state index in [0.717, 1.165) is 31.6 Å². The first-order valence-corrected chi connectivity index (χ1v) is 5.33. The SMILES string of the molecule is O=[N+]([O-])c1ccc(NC2CCNCC2)cn1. The molecule has 6 heteroatoms. The highest BCUT2D eigenvalue weighted by atomic mass is 16.6. The number of nitrogens with one attached hydrogen (secondary N) is 2. The van der Waals surface area contributed by atoms with Crippen LogP contribution in [0.15, 0.2) is 18.3 Å². The quantitative estimate of drug-likeness (QED) is 0.592. The monoisotopic (exact) mass is 222 g/mol. The van der Waals surface area contributed by atoms with Crippen molar-refractivity contribution >= 4 is 11.5 Å². The Morgan fingerprint density at radius 2 is 2.19 bits per heavy atom. The molecule has 1 aromatic heterocycles. The summed E-state index contributed by atoms with van der Waals surface area (Å²) in [5, 5.41) is 17.0. The van der Waals surface area contributed by atoms with Crippen molar-refractivity contribution in [2.45, 2.75) is 18.9 Å². The Hall–Kier alpha value is -1.69. The molecule has 2 heterocycles. The van der Waals surface area contributed by atoms with Crippen LogP contribution in [-0.4, -0.2) is 29.0 Å². The molecule has 1 fully saturated rings. The second kappa shape index (κ2) is 4.89. The third-order valence-corrected chi connectivity index (χ3v) is 2.64. The Balaban J connectivity index is 1.96. The Labute approximate surface area is 93.2 Å². The highest BCUT2D eigenvalue weighted by Gasteiger charge is 2.13. The van der Waals surface area contributed by atoms with Gasteiger partial charge in [0.2, 0.25) is 0 Å². The van der Waals surface area contributed by atoms with E-state index in [9.17, 15) is 10.1 Å². The molecule has 1 aromatic rings. The van der Waals surface area contributed by atoms with Gasteiger partial charge in [0, 0.05) is 12.1 Å². The third kappa shape index (κ3) is 2.66. The molecule has 0 spiro atoms. The van der Waals surface area contributed by atoms with Gasteiger partial charge in [-0.25, -0.2) is 0 Å². The van der Waals surface area contributed by atoms with Gasteiger partial charge in [-0.15, -0.1) is 0 Å². The molecule has 0 radical (unpaired) electrons. The maximum absolute atomic E-state index is 10.4. The van der Waals surface area contributed by atoms with Crippen LogP contribution in [0.3, 0.4) is 0 Å². The van der Waals surface area contributed by atoms with Gasteiger partial charge in [-0.05, 0) is 41.9 Å². The minimum Gasteiger partial charge on any atom is -0.379 e. The van der Waals surface area contributed by atoms with Crippen molar-refractivity contribution in [1.29, 1.82) is 0 Å². The second-order valence-electron chi connectivity index (χ2n) is 3.83. The van der Waals surface area contributed by atoms with Gasteiger partial charge in [0.05, 0.1) is 5.69 Å². The summed E-state index contributed by atoms with van der Waals surface area (Å²) >= 11 is 0. The zero-order valence-corrected chi connectivity index (χ0v) is 8.85. The number of rotatable bonds is 3. The number of hydrogen-bond acceptors (Lipinski definition) is 5. The molecule has 1 aliphatic rings. The van der Waals surface area contributed by atoms with E-state index >= 15 is 0 Å². The molecule has 0 aliphatic carbocycles. The van der Waals surface area contributed by atoms with Crippen molar-refractivity contribution in [3.05, 3.63) is 28.4 Å². The van der Waals surface area contributed by atoms with Crippen LogP contribution in [0.4, 0.5) is 11.5 Å². The lowest BCUT2D eigenvalue weighted by atomic mass is 10.1. The van der Waals surface area contributed by atoms with Crippen molar-refractivity contribution in [2.24, 2.45) is 0 Å². The number of hydrogen-bond donors (Lipinski definition) is 2. The van der Waals surface area contributed by atoms with E-state index in [4.69, 9.17) is 0 Å². The van der Waals surface area contributed by atoms with Crippen LogP contribution >= 0.6 is 0 Å². The van der Waals surface area contributed by atoms with E-state index in [-0.39, 0.29) is 5.82 Å². The highest BCUT2D eigenvalue weighted by molar-refractivity contribution is 5.44. The number of pyridine rings is 1. The molecular formula is C10H14N4O2. The number of anilines is 1. The number of nitrogens with zero attached hydrogens (tertiary/aromatic N) is 2. The van der Waals surface area contributed by atoms with Crippen molar-refractivity contribution in [2.75, 3.05) is 18.4 Å². The lowest BCUT2D eigenvalue weighted by molar-refractivity contribution is -0.389. The van der Waals surface area contributed by atoms with Crippen LogP contribution in [0, 0.1) is 10.1 Å². The summed E-state index contributed by atoms with van der Waals surface area (Å²) in [6, 6.07) is 3.56. The van der Waals surface area contributed by atoms with E-state index in [1.54, 1.807) is 6.07 Å². The smallest absolute Gasteiger partial charge is 0.363 e. The summed E-state index contributed by atoms with van der Waals surface area (Å²) in [6.07, 6.45) is 3.65. The van der Waals surface area contributed by atoms with Gasteiger partial charge in [-0.1, -0.05) is 0 Å². The van der Waals surface area contributed by atoms with Crippen LogP contribution in [-0.2, 0) is 0 Å². The molecule has 86 valence electrons. The van der Waals surface area contributed by atoms with Gasteiger partial charge in [-0.3, -0.25) is 0 Å². The zero-order valence-electron chi connectivity index (χ0n) is 8.85. The topological polar surface area (TPSA) is 80.1 Å². The second-order valence-corrected chi connectivity index (χ2v) is 3.83. The first-order valence-electron chi connectivity index (χ1n) is 5.33. The summed E-state index contributed by atoms with van der Waals surface area (Å²) in [5.74, 6) is -0.115. The first-order chi connectivity index (χ1) is 7.75. The van der Waals surface area contributed by atoms with Crippen molar-refractivity contribution < 1.29 is 4.92 Å². The van der Waals surface area contributed by atoms with Gasteiger partial charge in [-0.2, -0.15) is 0 Å². The standard InChI is InChI=1S/C10H14N4O2/c15-14(16)10-2-1-9(7-12-10)13-8-3-5-11-6-4-8/h1-2,7-8,11,13H,3-6H2. The fourth-order valence-electron chi connectivity index (χ4n) is 1.78. The first kappa shape index (κ1) is 10.8. The van der Waals surface area contributed by atoms with Crippen LogP contribution in [0.2, 0.25) is 0 Å². The predicted molar refractivity (Wildman–Crippen MR) is 60.4 cm³/mol. The summed E-state index contributed by atoms with van der Waals surface area (Å²) < 4.78 is 0. The fraction of sp³-hybridized carbons (Fsp3) is 0.500. The molecule has 16 heavy (non-hydrogen) atoms. The molecular weight excluding hydrogens is 208 g/mol. The van der Waals surface area contributed by atoms with Gasteiger partial charge in [0.25, 0.3) is 0 Å². The molecule has 0 aromatic carbocycles. The predicted octanol–water partition coefficient (Wildman–Crippen LogP) is 1.15. The molecule has 0 amide bonds. The molecule has 0 bridgehead atoms. The van der Waals surface area contributed by atoms with E-state index in [1.807, 2.05) is 0 Å². The molecule has 0 atom stereocenters. The van der Waals surface area contributed by atoms with E-state index < -0.39 is 4.92 Å². The van der Waals surface area contributed by atoms with Crippen molar-refractivity contribution in [1.82, 2.24) is 10.3 Å². The van der Waals surface area contributed by atoms with Crippen LogP contribution in [0.5, 0.6) is 0 Å². The normalized spacial score (nSPS) is 17.0. The Bertz CT molecular complexity index is 360. The lowest BCUT2D eigenvalue weighted by Crippen LogP contribution is -2.35. The van der Waals surface area contributed by atoms with Crippen LogP contribution in [0.1, 0.15) is 12.8 Å². The maximum atomic E-state index is 10.4. The molecule has 2 rings (SSSR count). The van der Waals surface area contributed by atoms with Gasteiger partial charge in [0.1, 0.15) is 0 Å². The molecule has 0 saturated carbocycles. The third-order valence-electron chi connectivity index (χ3n) is 2.64. The van der Waals surface area contributed by atoms with Gasteiger partial charge in [0.15, 0.2) is 6.20 Å². The summed E-state index contributed by atoms with van der Waals surface area (Å²) in [5.41, 5.74) is 0.845. The van der Waals surface area contributed by atoms with E-state index in [0.29, 0.717) is 6.04 Å². The Morgan fingerprint density at radius 3 is 2.75 bits per heavy atom. The zero-order chi connectivity index (χ0) is 11.4. The fourth-order valence-corrected chi connectivity index (χ4v) is 1.78. The molecule has 6 nitrogen and oxygen atoms in total. The van der Waals surface area contributed by atoms with Crippen molar-refractivity contribution in [3.63, 3.8) is 0 Å². The average Bonchev–Trinajstić information content (AvgIpc) is 2.31. The molecule has 1 aliphatic heterocycles.